The number of ether oxygens (including phenoxy) is 1. The topological polar surface area (TPSA) is 35.0 Å². The zero-order chi connectivity index (χ0) is 20.5. The molecular weight excluding hydrogens is 386 g/mol. The molecular formula is C19H12F6N2O. The third kappa shape index (κ3) is 3.92. The standard InChI is InChI=1S/C19H12F6N2O/c1-2-10-8-26-18(27-9-10)11-5-15(22)17(16(23)6-11)19(24,25)28-12-3-4-13(20)14(21)7-12/h3-9H,2H2,1H3. The Balaban J connectivity index is 1.95. The summed E-state index contributed by atoms with van der Waals surface area (Å²) in [4.78, 5) is 7.88. The highest BCUT2D eigenvalue weighted by Crippen LogP contribution is 2.36. The summed E-state index contributed by atoms with van der Waals surface area (Å²) in [6.07, 6.45) is -0.931. The zero-order valence-electron chi connectivity index (χ0n) is 14.3. The van der Waals surface area contributed by atoms with Crippen molar-refractivity contribution in [3.8, 4) is 17.1 Å². The largest absolute Gasteiger partial charge is 0.432 e. The summed E-state index contributed by atoms with van der Waals surface area (Å²) in [6.45, 7) is 1.86. The fraction of sp³-hybridized carbons (Fsp3) is 0.158. The molecule has 0 saturated carbocycles. The first-order valence-corrected chi connectivity index (χ1v) is 8.04. The molecule has 0 fully saturated rings. The third-order valence-electron chi connectivity index (χ3n) is 3.84. The summed E-state index contributed by atoms with van der Waals surface area (Å²) in [5.41, 5.74) is -1.04. The lowest BCUT2D eigenvalue weighted by molar-refractivity contribution is -0.189. The van der Waals surface area contributed by atoms with E-state index in [4.69, 9.17) is 0 Å². The highest BCUT2D eigenvalue weighted by atomic mass is 19.3. The normalized spacial score (nSPS) is 11.5. The van der Waals surface area contributed by atoms with Crippen LogP contribution >= 0.6 is 0 Å². The van der Waals surface area contributed by atoms with Gasteiger partial charge in [-0.05, 0) is 36.2 Å². The van der Waals surface area contributed by atoms with Gasteiger partial charge in [-0.1, -0.05) is 6.92 Å². The van der Waals surface area contributed by atoms with Crippen LogP contribution in [0.4, 0.5) is 26.3 Å². The van der Waals surface area contributed by atoms with Crippen LogP contribution in [0.25, 0.3) is 11.4 Å². The predicted molar refractivity (Wildman–Crippen MR) is 87.6 cm³/mol. The summed E-state index contributed by atoms with van der Waals surface area (Å²) in [5, 5.41) is 0. The second kappa shape index (κ2) is 7.49. The molecule has 2 aromatic carbocycles. The van der Waals surface area contributed by atoms with Gasteiger partial charge in [0, 0.05) is 24.0 Å². The highest BCUT2D eigenvalue weighted by molar-refractivity contribution is 5.56. The van der Waals surface area contributed by atoms with Crippen LogP contribution < -0.4 is 4.74 Å². The molecule has 0 aliphatic heterocycles. The molecule has 9 heteroatoms. The maximum Gasteiger partial charge on any atom is 0.432 e. The van der Waals surface area contributed by atoms with Crippen molar-refractivity contribution in [3.05, 3.63) is 77.1 Å². The molecule has 0 radical (unpaired) electrons. The summed E-state index contributed by atoms with van der Waals surface area (Å²) in [5.74, 6) is -6.79. The van der Waals surface area contributed by atoms with Gasteiger partial charge in [0.2, 0.25) is 0 Å². The van der Waals surface area contributed by atoms with Gasteiger partial charge < -0.3 is 4.74 Å². The van der Waals surface area contributed by atoms with Crippen molar-refractivity contribution in [2.75, 3.05) is 0 Å². The van der Waals surface area contributed by atoms with Gasteiger partial charge in [0.25, 0.3) is 0 Å². The fourth-order valence-electron chi connectivity index (χ4n) is 2.41. The van der Waals surface area contributed by atoms with Gasteiger partial charge >= 0.3 is 6.11 Å². The smallest absolute Gasteiger partial charge is 0.429 e. The zero-order valence-corrected chi connectivity index (χ0v) is 14.3. The van der Waals surface area contributed by atoms with Gasteiger partial charge in [-0.3, -0.25) is 0 Å². The van der Waals surface area contributed by atoms with Crippen LogP contribution in [-0.4, -0.2) is 9.97 Å². The molecule has 28 heavy (non-hydrogen) atoms. The molecule has 0 unspecified atom stereocenters. The first kappa shape index (κ1) is 19.7. The van der Waals surface area contributed by atoms with Gasteiger partial charge in [0.15, 0.2) is 17.5 Å². The number of halogens is 6. The van der Waals surface area contributed by atoms with E-state index in [-0.39, 0.29) is 11.4 Å². The first-order valence-electron chi connectivity index (χ1n) is 8.04. The summed E-state index contributed by atoms with van der Waals surface area (Å²) >= 11 is 0. The summed E-state index contributed by atoms with van der Waals surface area (Å²) in [7, 11) is 0. The number of nitrogens with zero attached hydrogens (tertiary/aromatic N) is 2. The van der Waals surface area contributed by atoms with Crippen LogP contribution in [0, 0.1) is 23.3 Å². The van der Waals surface area contributed by atoms with Gasteiger partial charge in [0.05, 0.1) is 0 Å². The monoisotopic (exact) mass is 398 g/mol. The number of benzene rings is 2. The third-order valence-corrected chi connectivity index (χ3v) is 3.84. The maximum atomic E-state index is 14.3. The lowest BCUT2D eigenvalue weighted by Gasteiger charge is -2.20. The molecule has 0 aliphatic rings. The fourth-order valence-corrected chi connectivity index (χ4v) is 2.41. The quantitative estimate of drug-likeness (QED) is 0.541. The molecule has 0 N–H and O–H groups in total. The van der Waals surface area contributed by atoms with E-state index in [0.717, 1.165) is 5.56 Å². The Labute approximate surface area is 155 Å². The Morgan fingerprint density at radius 1 is 0.857 bits per heavy atom. The van der Waals surface area contributed by atoms with E-state index in [2.05, 4.69) is 14.7 Å². The Bertz CT molecular complexity index is 985. The van der Waals surface area contributed by atoms with Crippen molar-refractivity contribution in [1.29, 1.82) is 0 Å². The number of hydrogen-bond acceptors (Lipinski definition) is 3. The second-order valence-corrected chi connectivity index (χ2v) is 5.78. The van der Waals surface area contributed by atoms with Crippen LogP contribution in [0.15, 0.2) is 42.7 Å². The molecule has 0 amide bonds. The number of aryl methyl sites for hydroxylation is 1. The van der Waals surface area contributed by atoms with Crippen molar-refractivity contribution in [1.82, 2.24) is 9.97 Å². The molecule has 0 saturated heterocycles. The van der Waals surface area contributed by atoms with Gasteiger partial charge in [-0.25, -0.2) is 27.5 Å². The van der Waals surface area contributed by atoms with E-state index >= 15 is 0 Å². The van der Waals surface area contributed by atoms with E-state index in [1.807, 2.05) is 6.92 Å². The molecule has 146 valence electrons. The molecule has 0 spiro atoms. The second-order valence-electron chi connectivity index (χ2n) is 5.78. The van der Waals surface area contributed by atoms with E-state index < -0.39 is 40.7 Å². The molecule has 0 aliphatic carbocycles. The van der Waals surface area contributed by atoms with Gasteiger partial charge in [0.1, 0.15) is 22.9 Å². The van der Waals surface area contributed by atoms with Crippen LogP contribution in [0.3, 0.4) is 0 Å². The molecule has 3 aromatic rings. The van der Waals surface area contributed by atoms with Crippen molar-refractivity contribution in [2.45, 2.75) is 19.5 Å². The average molecular weight is 398 g/mol. The first-order chi connectivity index (χ1) is 13.2. The molecule has 3 nitrogen and oxygen atoms in total. The number of aromatic nitrogens is 2. The lowest BCUT2D eigenvalue weighted by atomic mass is 10.1. The van der Waals surface area contributed by atoms with Crippen molar-refractivity contribution in [2.24, 2.45) is 0 Å². The van der Waals surface area contributed by atoms with E-state index in [0.29, 0.717) is 36.8 Å². The van der Waals surface area contributed by atoms with E-state index in [1.165, 1.54) is 12.4 Å². The molecule has 1 aromatic heterocycles. The van der Waals surface area contributed by atoms with Crippen LogP contribution in [-0.2, 0) is 12.5 Å². The number of rotatable bonds is 5. The van der Waals surface area contributed by atoms with Crippen LogP contribution in [0.2, 0.25) is 0 Å². The van der Waals surface area contributed by atoms with E-state index in [9.17, 15) is 26.3 Å². The Morgan fingerprint density at radius 2 is 1.46 bits per heavy atom. The Kier molecular flexibility index (Phi) is 5.26. The number of alkyl halides is 2. The van der Waals surface area contributed by atoms with Crippen LogP contribution in [0.1, 0.15) is 18.1 Å². The molecule has 3 rings (SSSR count). The average Bonchev–Trinajstić information content (AvgIpc) is 2.63. The van der Waals surface area contributed by atoms with Gasteiger partial charge in [-0.2, -0.15) is 8.78 Å². The predicted octanol–water partition coefficient (Wildman–Crippen LogP) is 5.39. The molecule has 1 heterocycles. The summed E-state index contributed by atoms with van der Waals surface area (Å²) < 4.78 is 87.4. The highest BCUT2D eigenvalue weighted by Gasteiger charge is 2.41. The lowest BCUT2D eigenvalue weighted by Crippen LogP contribution is -2.25. The minimum atomic E-state index is -4.48. The Hall–Kier alpha value is -3.10. The number of hydrogen-bond donors (Lipinski definition) is 0. The van der Waals surface area contributed by atoms with Crippen LogP contribution in [0.5, 0.6) is 5.75 Å². The van der Waals surface area contributed by atoms with Gasteiger partial charge in [-0.15, -0.1) is 0 Å². The van der Waals surface area contributed by atoms with Crippen molar-refractivity contribution < 1.29 is 31.1 Å². The minimum absolute atomic E-state index is 0.0496. The molecule has 0 bridgehead atoms. The SMILES string of the molecule is CCc1cnc(-c2cc(F)c(C(F)(F)Oc3ccc(F)c(F)c3)c(F)c2)nc1. The summed E-state index contributed by atoms with van der Waals surface area (Å²) in [6, 6.07) is 2.88. The minimum Gasteiger partial charge on any atom is -0.429 e. The molecule has 0 atom stereocenters. The van der Waals surface area contributed by atoms with Crippen molar-refractivity contribution >= 4 is 0 Å². The van der Waals surface area contributed by atoms with E-state index in [1.54, 1.807) is 0 Å². The maximum absolute atomic E-state index is 14.3. The Morgan fingerprint density at radius 3 is 2.00 bits per heavy atom. The van der Waals surface area contributed by atoms with Crippen molar-refractivity contribution in [3.63, 3.8) is 0 Å².